The third-order valence-corrected chi connectivity index (χ3v) is 4.31. The summed E-state index contributed by atoms with van der Waals surface area (Å²) in [5.41, 5.74) is -1.52. The number of carbonyl (C=O) groups excluding carboxylic acids is 1. The van der Waals surface area contributed by atoms with Gasteiger partial charge in [0.15, 0.2) is 0 Å². The number of rotatable bonds is 7. The molecule has 3 N–H and O–H groups in total. The number of ether oxygens (including phenoxy) is 1. The lowest BCUT2D eigenvalue weighted by Crippen LogP contribution is -2.41. The number of aliphatic hydroxyl groups is 1. The molecule has 0 amide bonds. The van der Waals surface area contributed by atoms with Crippen LogP contribution in [0.3, 0.4) is 0 Å². The minimum Gasteiger partial charge on any atom is -0.481 e. The van der Waals surface area contributed by atoms with Gasteiger partial charge in [-0.1, -0.05) is 19.8 Å². The fourth-order valence-corrected chi connectivity index (χ4v) is 2.56. The summed E-state index contributed by atoms with van der Waals surface area (Å²) in [7, 11) is 0. The molecule has 0 heterocycles. The summed E-state index contributed by atoms with van der Waals surface area (Å²) in [4.78, 5) is 34.4. The zero-order chi connectivity index (χ0) is 16.0. The SMILES string of the molecule is CCC(CO)(COC(=O)C1CCCCC1C(=O)O)C(=O)O. The van der Waals surface area contributed by atoms with Crippen molar-refractivity contribution < 1.29 is 34.4 Å². The number of aliphatic hydroxyl groups excluding tert-OH is 1. The number of hydrogen-bond donors (Lipinski definition) is 3. The average molecular weight is 302 g/mol. The Morgan fingerprint density at radius 3 is 2.14 bits per heavy atom. The number of hydrogen-bond acceptors (Lipinski definition) is 5. The molecule has 7 nitrogen and oxygen atoms in total. The molecule has 0 aromatic heterocycles. The van der Waals surface area contributed by atoms with E-state index in [1.165, 1.54) is 0 Å². The fraction of sp³-hybridized carbons (Fsp3) is 0.786. The lowest BCUT2D eigenvalue weighted by molar-refractivity contribution is -0.169. The number of esters is 1. The third kappa shape index (κ3) is 3.93. The molecule has 0 radical (unpaired) electrons. The van der Waals surface area contributed by atoms with Crippen molar-refractivity contribution >= 4 is 17.9 Å². The Kier molecular flexibility index (Phi) is 6.14. The smallest absolute Gasteiger partial charge is 0.315 e. The van der Waals surface area contributed by atoms with Crippen LogP contribution >= 0.6 is 0 Å². The van der Waals surface area contributed by atoms with E-state index >= 15 is 0 Å². The normalized spacial score (nSPS) is 24.9. The highest BCUT2D eigenvalue weighted by atomic mass is 16.5. The molecule has 1 rings (SSSR count). The van der Waals surface area contributed by atoms with Crippen molar-refractivity contribution in [1.29, 1.82) is 0 Å². The van der Waals surface area contributed by atoms with Gasteiger partial charge in [-0.3, -0.25) is 14.4 Å². The van der Waals surface area contributed by atoms with Crippen LogP contribution in [0.25, 0.3) is 0 Å². The van der Waals surface area contributed by atoms with E-state index in [1.54, 1.807) is 6.92 Å². The van der Waals surface area contributed by atoms with Crippen LogP contribution in [0.4, 0.5) is 0 Å². The van der Waals surface area contributed by atoms with Gasteiger partial charge in [-0.05, 0) is 19.3 Å². The predicted molar refractivity (Wildman–Crippen MR) is 71.5 cm³/mol. The Morgan fingerprint density at radius 1 is 1.14 bits per heavy atom. The summed E-state index contributed by atoms with van der Waals surface area (Å²) in [6, 6.07) is 0. The average Bonchev–Trinajstić information content (AvgIpc) is 2.48. The second-order valence-corrected chi connectivity index (χ2v) is 5.54. The van der Waals surface area contributed by atoms with Gasteiger partial charge in [-0.25, -0.2) is 0 Å². The molecular weight excluding hydrogens is 280 g/mol. The highest BCUT2D eigenvalue weighted by Crippen LogP contribution is 2.32. The van der Waals surface area contributed by atoms with Crippen LogP contribution in [0.5, 0.6) is 0 Å². The van der Waals surface area contributed by atoms with Crippen LogP contribution in [-0.4, -0.2) is 46.4 Å². The Hall–Kier alpha value is -1.63. The second-order valence-electron chi connectivity index (χ2n) is 5.54. The molecular formula is C14H22O7. The van der Waals surface area contributed by atoms with Gasteiger partial charge in [0, 0.05) is 0 Å². The van der Waals surface area contributed by atoms with Gasteiger partial charge in [-0.15, -0.1) is 0 Å². The lowest BCUT2D eigenvalue weighted by Gasteiger charge is -2.29. The highest BCUT2D eigenvalue weighted by molar-refractivity contribution is 5.82. The van der Waals surface area contributed by atoms with Gasteiger partial charge >= 0.3 is 17.9 Å². The second kappa shape index (κ2) is 7.40. The topological polar surface area (TPSA) is 121 Å². The zero-order valence-corrected chi connectivity index (χ0v) is 12.1. The number of aliphatic carboxylic acids is 2. The van der Waals surface area contributed by atoms with Crippen molar-refractivity contribution in [2.45, 2.75) is 39.0 Å². The van der Waals surface area contributed by atoms with Crippen LogP contribution in [0, 0.1) is 17.3 Å². The Morgan fingerprint density at radius 2 is 1.71 bits per heavy atom. The maximum atomic E-state index is 12.1. The zero-order valence-electron chi connectivity index (χ0n) is 12.1. The minimum absolute atomic E-state index is 0.110. The lowest BCUT2D eigenvalue weighted by atomic mass is 9.79. The quantitative estimate of drug-likeness (QED) is 0.597. The highest BCUT2D eigenvalue weighted by Gasteiger charge is 2.41. The Labute approximate surface area is 122 Å². The summed E-state index contributed by atoms with van der Waals surface area (Å²) in [6.45, 7) is 0.495. The summed E-state index contributed by atoms with van der Waals surface area (Å²) in [5.74, 6) is -4.47. The molecule has 120 valence electrons. The minimum atomic E-state index is -1.52. The largest absolute Gasteiger partial charge is 0.481 e. The van der Waals surface area contributed by atoms with Gasteiger partial charge < -0.3 is 20.1 Å². The van der Waals surface area contributed by atoms with E-state index in [0.717, 1.165) is 12.8 Å². The van der Waals surface area contributed by atoms with Crippen molar-refractivity contribution in [2.75, 3.05) is 13.2 Å². The fourth-order valence-electron chi connectivity index (χ4n) is 2.56. The molecule has 0 aromatic rings. The molecule has 7 heteroatoms. The van der Waals surface area contributed by atoms with E-state index in [9.17, 15) is 19.5 Å². The molecule has 0 saturated heterocycles. The first kappa shape index (κ1) is 17.4. The van der Waals surface area contributed by atoms with Crippen LogP contribution < -0.4 is 0 Å². The maximum absolute atomic E-state index is 12.1. The van der Waals surface area contributed by atoms with Gasteiger partial charge in [0.25, 0.3) is 0 Å². The van der Waals surface area contributed by atoms with E-state index in [0.29, 0.717) is 12.8 Å². The van der Waals surface area contributed by atoms with Crippen molar-refractivity contribution in [2.24, 2.45) is 17.3 Å². The maximum Gasteiger partial charge on any atom is 0.315 e. The monoisotopic (exact) mass is 302 g/mol. The number of carboxylic acids is 2. The molecule has 0 spiro atoms. The van der Waals surface area contributed by atoms with E-state index in [1.807, 2.05) is 0 Å². The predicted octanol–water partition coefficient (Wildman–Crippen LogP) is 0.894. The number of carbonyl (C=O) groups is 3. The summed E-state index contributed by atoms with van der Waals surface area (Å²) < 4.78 is 5.03. The summed E-state index contributed by atoms with van der Waals surface area (Å²) >= 11 is 0. The van der Waals surface area contributed by atoms with Gasteiger partial charge in [0.1, 0.15) is 12.0 Å². The molecule has 3 unspecified atom stereocenters. The van der Waals surface area contributed by atoms with E-state index in [4.69, 9.17) is 14.9 Å². The molecule has 1 aliphatic carbocycles. The Bertz CT molecular complexity index is 400. The molecule has 0 aromatic carbocycles. The van der Waals surface area contributed by atoms with Crippen LogP contribution in [0.2, 0.25) is 0 Å². The van der Waals surface area contributed by atoms with E-state index < -0.39 is 48.4 Å². The number of carboxylic acid groups (broad SMARTS) is 2. The van der Waals surface area contributed by atoms with Crippen molar-refractivity contribution in [3.63, 3.8) is 0 Å². The molecule has 1 saturated carbocycles. The van der Waals surface area contributed by atoms with Gasteiger partial charge in [0.05, 0.1) is 18.4 Å². The first-order valence-electron chi connectivity index (χ1n) is 7.11. The van der Waals surface area contributed by atoms with Crippen molar-refractivity contribution in [1.82, 2.24) is 0 Å². The molecule has 21 heavy (non-hydrogen) atoms. The standard InChI is InChI=1S/C14H22O7/c1-2-14(7-15,13(19)20)8-21-12(18)10-6-4-3-5-9(10)11(16)17/h9-10,15H,2-8H2,1H3,(H,16,17)(H,19,20). The molecule has 0 aliphatic heterocycles. The Balaban J connectivity index is 2.71. The first-order chi connectivity index (χ1) is 9.88. The van der Waals surface area contributed by atoms with Crippen LogP contribution in [0.15, 0.2) is 0 Å². The van der Waals surface area contributed by atoms with Crippen molar-refractivity contribution in [3.05, 3.63) is 0 Å². The van der Waals surface area contributed by atoms with E-state index in [-0.39, 0.29) is 6.42 Å². The molecule has 0 bridgehead atoms. The molecule has 1 fully saturated rings. The van der Waals surface area contributed by atoms with Crippen LogP contribution in [-0.2, 0) is 19.1 Å². The van der Waals surface area contributed by atoms with Crippen LogP contribution in [0.1, 0.15) is 39.0 Å². The first-order valence-corrected chi connectivity index (χ1v) is 7.11. The summed E-state index contributed by atoms with van der Waals surface area (Å²) in [5, 5.41) is 27.5. The van der Waals surface area contributed by atoms with Gasteiger partial charge in [0.2, 0.25) is 0 Å². The summed E-state index contributed by atoms with van der Waals surface area (Å²) in [6.07, 6.45) is 2.47. The van der Waals surface area contributed by atoms with E-state index in [2.05, 4.69) is 0 Å². The van der Waals surface area contributed by atoms with Gasteiger partial charge in [-0.2, -0.15) is 0 Å². The van der Waals surface area contributed by atoms with Crippen molar-refractivity contribution in [3.8, 4) is 0 Å². The molecule has 3 atom stereocenters. The molecule has 1 aliphatic rings. The third-order valence-electron chi connectivity index (χ3n) is 4.31.